The number of guanidine groups is 1. The van der Waals surface area contributed by atoms with Gasteiger partial charge in [-0.05, 0) is 18.2 Å². The minimum Gasteiger partial charge on any atom is -0.490 e. The van der Waals surface area contributed by atoms with E-state index in [1.165, 1.54) is 0 Å². The summed E-state index contributed by atoms with van der Waals surface area (Å²) < 4.78 is 13.0. The predicted molar refractivity (Wildman–Crippen MR) is 84.4 cm³/mol. The summed E-state index contributed by atoms with van der Waals surface area (Å²) in [5, 5.41) is 7.16. The summed E-state index contributed by atoms with van der Waals surface area (Å²) in [5.41, 5.74) is 6.71. The summed E-state index contributed by atoms with van der Waals surface area (Å²) in [6, 6.07) is 7.52. The Labute approximate surface area is 128 Å². The molecule has 3 N–H and O–H groups in total. The van der Waals surface area contributed by atoms with Crippen molar-refractivity contribution in [3.63, 3.8) is 0 Å². The van der Waals surface area contributed by atoms with Crippen LogP contribution >= 0.6 is 0 Å². The Morgan fingerprint density at radius 2 is 2.18 bits per heavy atom. The van der Waals surface area contributed by atoms with Gasteiger partial charge in [0.15, 0.2) is 17.5 Å². The van der Waals surface area contributed by atoms with Crippen LogP contribution in [0.5, 0.6) is 11.5 Å². The molecule has 0 atom stereocenters. The number of ether oxygens (including phenoxy) is 2. The van der Waals surface area contributed by atoms with E-state index in [0.717, 1.165) is 23.6 Å². The number of aromatic nitrogens is 2. The fourth-order valence-electron chi connectivity index (χ4n) is 2.13. The van der Waals surface area contributed by atoms with Gasteiger partial charge in [0.2, 0.25) is 0 Å². The molecule has 0 amide bonds. The van der Waals surface area contributed by atoms with Crippen LogP contribution in [0.15, 0.2) is 41.7 Å². The van der Waals surface area contributed by atoms with Crippen LogP contribution < -0.4 is 20.5 Å². The third-order valence-corrected chi connectivity index (χ3v) is 3.19. The maximum absolute atomic E-state index is 5.89. The SMILES string of the molecule is NC(=NCCn1cccn1)Nc1ccc2c(c1)OCCCO2. The third-order valence-electron chi connectivity index (χ3n) is 3.19. The molecule has 7 heteroatoms. The smallest absolute Gasteiger partial charge is 0.193 e. The second-order valence-corrected chi connectivity index (χ2v) is 4.87. The first kappa shape index (κ1) is 14.2. The van der Waals surface area contributed by atoms with E-state index in [1.807, 2.05) is 35.1 Å². The molecule has 1 aromatic heterocycles. The Morgan fingerprint density at radius 3 is 3.00 bits per heavy atom. The Morgan fingerprint density at radius 1 is 1.32 bits per heavy atom. The van der Waals surface area contributed by atoms with E-state index in [0.29, 0.717) is 32.3 Å². The van der Waals surface area contributed by atoms with E-state index in [4.69, 9.17) is 15.2 Å². The van der Waals surface area contributed by atoms with Crippen molar-refractivity contribution >= 4 is 11.6 Å². The number of hydrogen-bond acceptors (Lipinski definition) is 4. The Balaban J connectivity index is 1.58. The topological polar surface area (TPSA) is 86.7 Å². The maximum Gasteiger partial charge on any atom is 0.193 e. The number of nitrogens with one attached hydrogen (secondary N) is 1. The largest absolute Gasteiger partial charge is 0.490 e. The summed E-state index contributed by atoms with van der Waals surface area (Å²) in [6.45, 7) is 2.59. The van der Waals surface area contributed by atoms with E-state index in [9.17, 15) is 0 Å². The fourth-order valence-corrected chi connectivity index (χ4v) is 2.13. The van der Waals surface area contributed by atoms with Crippen molar-refractivity contribution in [2.24, 2.45) is 10.7 Å². The molecule has 0 saturated carbocycles. The van der Waals surface area contributed by atoms with Gasteiger partial charge in [-0.2, -0.15) is 5.10 Å². The zero-order valence-electron chi connectivity index (χ0n) is 12.2. The average Bonchev–Trinajstić information content (AvgIpc) is 2.91. The summed E-state index contributed by atoms with van der Waals surface area (Å²) >= 11 is 0. The minimum atomic E-state index is 0.363. The van der Waals surface area contributed by atoms with Crippen LogP contribution in [-0.2, 0) is 6.54 Å². The summed E-state index contributed by atoms with van der Waals surface area (Å²) in [7, 11) is 0. The van der Waals surface area contributed by atoms with Crippen molar-refractivity contribution in [1.29, 1.82) is 0 Å². The molecule has 1 aliphatic heterocycles. The van der Waals surface area contributed by atoms with Gasteiger partial charge in [-0.25, -0.2) is 0 Å². The highest BCUT2D eigenvalue weighted by Gasteiger charge is 2.10. The molecular formula is C15H19N5O2. The van der Waals surface area contributed by atoms with Gasteiger partial charge in [0.1, 0.15) is 0 Å². The van der Waals surface area contributed by atoms with Crippen molar-refractivity contribution in [2.45, 2.75) is 13.0 Å². The van der Waals surface area contributed by atoms with Crippen LogP contribution in [0.3, 0.4) is 0 Å². The highest BCUT2D eigenvalue weighted by atomic mass is 16.5. The van der Waals surface area contributed by atoms with E-state index >= 15 is 0 Å². The lowest BCUT2D eigenvalue weighted by Gasteiger charge is -2.10. The molecule has 7 nitrogen and oxygen atoms in total. The molecule has 1 aromatic carbocycles. The highest BCUT2D eigenvalue weighted by molar-refractivity contribution is 5.92. The number of benzene rings is 1. The lowest BCUT2D eigenvalue weighted by atomic mass is 10.3. The molecule has 0 radical (unpaired) electrons. The second-order valence-electron chi connectivity index (χ2n) is 4.87. The van der Waals surface area contributed by atoms with E-state index in [1.54, 1.807) is 6.20 Å². The highest BCUT2D eigenvalue weighted by Crippen LogP contribution is 2.32. The summed E-state index contributed by atoms with van der Waals surface area (Å²) in [5.74, 6) is 1.85. The summed E-state index contributed by atoms with van der Waals surface area (Å²) in [4.78, 5) is 4.28. The van der Waals surface area contributed by atoms with Crippen LogP contribution in [0.1, 0.15) is 6.42 Å². The van der Waals surface area contributed by atoms with Crippen LogP contribution in [-0.4, -0.2) is 35.5 Å². The van der Waals surface area contributed by atoms with E-state index in [2.05, 4.69) is 15.4 Å². The molecule has 2 heterocycles. The van der Waals surface area contributed by atoms with Crippen molar-refractivity contribution in [3.8, 4) is 11.5 Å². The van der Waals surface area contributed by atoms with Gasteiger partial charge >= 0.3 is 0 Å². The predicted octanol–water partition coefficient (Wildman–Crippen LogP) is 1.47. The molecule has 0 unspecified atom stereocenters. The van der Waals surface area contributed by atoms with Gasteiger partial charge in [0.25, 0.3) is 0 Å². The van der Waals surface area contributed by atoms with Crippen molar-refractivity contribution in [1.82, 2.24) is 9.78 Å². The zero-order chi connectivity index (χ0) is 15.2. The molecule has 3 rings (SSSR count). The van der Waals surface area contributed by atoms with Crippen LogP contribution in [0.2, 0.25) is 0 Å². The molecular weight excluding hydrogens is 282 g/mol. The first-order chi connectivity index (χ1) is 10.8. The monoisotopic (exact) mass is 301 g/mol. The molecule has 1 aliphatic rings. The van der Waals surface area contributed by atoms with E-state index in [-0.39, 0.29) is 0 Å². The van der Waals surface area contributed by atoms with Gasteiger partial charge in [0, 0.05) is 30.6 Å². The maximum atomic E-state index is 5.89. The van der Waals surface area contributed by atoms with Crippen LogP contribution in [0.25, 0.3) is 0 Å². The van der Waals surface area contributed by atoms with Crippen LogP contribution in [0.4, 0.5) is 5.69 Å². The lowest BCUT2D eigenvalue weighted by molar-refractivity contribution is 0.297. The molecule has 0 aliphatic carbocycles. The Kier molecular flexibility index (Phi) is 4.43. The molecule has 0 spiro atoms. The standard InChI is InChI=1S/C15H19N5O2/c16-15(17-6-8-20-7-1-5-18-20)19-12-3-4-13-14(11-12)22-10-2-9-21-13/h1,3-5,7,11H,2,6,8-10H2,(H3,16,17,19). The molecule has 116 valence electrons. The van der Waals surface area contributed by atoms with Crippen molar-refractivity contribution < 1.29 is 9.47 Å². The van der Waals surface area contributed by atoms with Gasteiger partial charge in [-0.3, -0.25) is 9.67 Å². The third kappa shape index (κ3) is 3.69. The average molecular weight is 301 g/mol. The quantitative estimate of drug-likeness (QED) is 0.659. The number of anilines is 1. The first-order valence-electron chi connectivity index (χ1n) is 7.25. The van der Waals surface area contributed by atoms with Crippen molar-refractivity contribution in [2.75, 3.05) is 25.1 Å². The van der Waals surface area contributed by atoms with Crippen molar-refractivity contribution in [3.05, 3.63) is 36.7 Å². The Hall–Kier alpha value is -2.70. The van der Waals surface area contributed by atoms with Gasteiger partial charge in [-0.15, -0.1) is 0 Å². The Bertz CT molecular complexity index is 639. The zero-order valence-corrected chi connectivity index (χ0v) is 12.2. The number of nitrogens with zero attached hydrogens (tertiary/aromatic N) is 3. The number of aliphatic imine (C=N–C) groups is 1. The lowest BCUT2D eigenvalue weighted by Crippen LogP contribution is -2.23. The normalized spacial score (nSPS) is 14.5. The van der Waals surface area contributed by atoms with E-state index < -0.39 is 0 Å². The van der Waals surface area contributed by atoms with Gasteiger partial charge in [-0.1, -0.05) is 0 Å². The molecule has 0 bridgehead atoms. The summed E-state index contributed by atoms with van der Waals surface area (Å²) in [6.07, 6.45) is 4.51. The van der Waals surface area contributed by atoms with Gasteiger partial charge in [0.05, 0.1) is 26.3 Å². The number of nitrogens with two attached hydrogens (primary N) is 1. The molecule has 0 saturated heterocycles. The van der Waals surface area contributed by atoms with Gasteiger partial charge < -0.3 is 20.5 Å². The molecule has 2 aromatic rings. The molecule has 0 fully saturated rings. The first-order valence-corrected chi connectivity index (χ1v) is 7.25. The minimum absolute atomic E-state index is 0.363. The molecule has 22 heavy (non-hydrogen) atoms. The van der Waals surface area contributed by atoms with Crippen LogP contribution in [0, 0.1) is 0 Å². The number of rotatable bonds is 4. The fraction of sp³-hybridized carbons (Fsp3) is 0.333. The number of hydrogen-bond donors (Lipinski definition) is 2. The second kappa shape index (κ2) is 6.84. The number of fused-ring (bicyclic) bond motifs is 1.